The van der Waals surface area contributed by atoms with Crippen LogP contribution < -0.4 is 10.6 Å². The van der Waals surface area contributed by atoms with Crippen LogP contribution in [0.15, 0.2) is 24.3 Å². The van der Waals surface area contributed by atoms with Gasteiger partial charge in [0.15, 0.2) is 0 Å². The van der Waals surface area contributed by atoms with E-state index in [0.717, 1.165) is 35.4 Å². The summed E-state index contributed by atoms with van der Waals surface area (Å²) in [6.07, 6.45) is 2.47. The Morgan fingerprint density at radius 1 is 1.45 bits per heavy atom. The third-order valence-electron chi connectivity index (χ3n) is 4.33. The van der Waals surface area contributed by atoms with E-state index < -0.39 is 0 Å². The first kappa shape index (κ1) is 14.3. The highest BCUT2D eigenvalue weighted by Gasteiger charge is 2.40. The second kappa shape index (κ2) is 5.99. The molecular formula is C15H20IN3O. The molecule has 0 aromatic heterocycles. The summed E-state index contributed by atoms with van der Waals surface area (Å²) in [6, 6.07) is 7.91. The van der Waals surface area contributed by atoms with Gasteiger partial charge in [0.25, 0.3) is 0 Å². The molecule has 108 valence electrons. The zero-order valence-corrected chi connectivity index (χ0v) is 13.7. The first-order chi connectivity index (χ1) is 9.65. The molecule has 0 aliphatic carbocycles. The molecule has 2 aliphatic heterocycles. The number of halogens is 1. The highest BCUT2D eigenvalue weighted by Crippen LogP contribution is 2.35. The van der Waals surface area contributed by atoms with Crippen LogP contribution in [0, 0.1) is 8.99 Å². The molecule has 2 heterocycles. The molecule has 3 rings (SSSR count). The van der Waals surface area contributed by atoms with Crippen LogP contribution in [0.1, 0.15) is 12.8 Å². The van der Waals surface area contributed by atoms with Crippen molar-refractivity contribution in [3.05, 3.63) is 27.8 Å². The minimum absolute atomic E-state index is 0.0926. The van der Waals surface area contributed by atoms with Crippen LogP contribution in [0.5, 0.6) is 0 Å². The first-order valence-corrected chi connectivity index (χ1v) is 8.22. The molecule has 20 heavy (non-hydrogen) atoms. The summed E-state index contributed by atoms with van der Waals surface area (Å²) in [5.74, 6) is 0.0926. The van der Waals surface area contributed by atoms with Gasteiger partial charge in [0.05, 0.1) is 6.54 Å². The fourth-order valence-electron chi connectivity index (χ4n) is 3.28. The Bertz CT molecular complexity index is 500. The van der Waals surface area contributed by atoms with Crippen molar-refractivity contribution < 1.29 is 4.79 Å². The maximum atomic E-state index is 12.1. The third-order valence-corrected chi connectivity index (χ3v) is 5.00. The van der Waals surface area contributed by atoms with E-state index in [4.69, 9.17) is 0 Å². The largest absolute Gasteiger partial charge is 0.325 e. The average Bonchev–Trinajstić information content (AvgIpc) is 3.00. The van der Waals surface area contributed by atoms with E-state index in [2.05, 4.69) is 38.1 Å². The topological polar surface area (TPSA) is 44.4 Å². The normalized spacial score (nSPS) is 26.2. The van der Waals surface area contributed by atoms with Crippen molar-refractivity contribution in [3.63, 3.8) is 0 Å². The minimum atomic E-state index is 0.0926. The summed E-state index contributed by atoms with van der Waals surface area (Å²) in [4.78, 5) is 14.4. The maximum Gasteiger partial charge on any atom is 0.238 e. The number of nitrogens with zero attached hydrogens (tertiary/aromatic N) is 1. The molecule has 1 amide bonds. The number of rotatable bonds is 3. The average molecular weight is 385 g/mol. The fraction of sp³-hybridized carbons (Fsp3) is 0.533. The number of benzene rings is 1. The highest BCUT2D eigenvalue weighted by molar-refractivity contribution is 14.1. The Balaban J connectivity index is 1.52. The zero-order valence-electron chi connectivity index (χ0n) is 11.5. The van der Waals surface area contributed by atoms with Crippen molar-refractivity contribution in [2.45, 2.75) is 12.8 Å². The van der Waals surface area contributed by atoms with Crippen LogP contribution in [-0.4, -0.2) is 43.5 Å². The monoisotopic (exact) mass is 385 g/mol. The second-order valence-corrected chi connectivity index (χ2v) is 7.19. The molecule has 0 radical (unpaired) electrons. The molecule has 2 aliphatic rings. The van der Waals surface area contributed by atoms with Crippen molar-refractivity contribution in [2.24, 2.45) is 5.41 Å². The van der Waals surface area contributed by atoms with Gasteiger partial charge in [0.1, 0.15) is 0 Å². The number of carbonyl (C=O) groups excluding carboxylic acids is 1. The van der Waals surface area contributed by atoms with E-state index in [1.54, 1.807) is 0 Å². The van der Waals surface area contributed by atoms with Gasteiger partial charge >= 0.3 is 0 Å². The van der Waals surface area contributed by atoms with Gasteiger partial charge in [0, 0.05) is 22.3 Å². The minimum Gasteiger partial charge on any atom is -0.325 e. The summed E-state index contributed by atoms with van der Waals surface area (Å²) in [5.41, 5.74) is 1.32. The van der Waals surface area contributed by atoms with Gasteiger partial charge in [-0.15, -0.1) is 0 Å². The number of hydrogen-bond donors (Lipinski definition) is 2. The summed E-state index contributed by atoms with van der Waals surface area (Å²) in [5, 5.41) is 6.43. The third kappa shape index (κ3) is 3.32. The lowest BCUT2D eigenvalue weighted by Gasteiger charge is -2.22. The number of amides is 1. The number of anilines is 1. The number of likely N-dealkylation sites (tertiary alicyclic amines) is 1. The Morgan fingerprint density at radius 3 is 3.10 bits per heavy atom. The Hall–Kier alpha value is -0.660. The smallest absolute Gasteiger partial charge is 0.238 e. The Kier molecular flexibility index (Phi) is 4.28. The molecule has 0 bridgehead atoms. The van der Waals surface area contributed by atoms with Crippen LogP contribution in [0.2, 0.25) is 0 Å². The van der Waals surface area contributed by atoms with Gasteiger partial charge in [-0.05, 0) is 72.1 Å². The number of carbonyl (C=O) groups is 1. The van der Waals surface area contributed by atoms with Crippen LogP contribution in [0.25, 0.3) is 0 Å². The van der Waals surface area contributed by atoms with Gasteiger partial charge in [0.2, 0.25) is 5.91 Å². The standard InChI is InChI=1S/C15H20IN3O/c16-12-2-1-3-13(8-12)18-14(20)9-19-7-5-15(11-19)4-6-17-10-15/h1-3,8,17H,4-7,9-11H2,(H,18,20). The van der Waals surface area contributed by atoms with E-state index in [1.807, 2.05) is 24.3 Å². The summed E-state index contributed by atoms with van der Waals surface area (Å²) < 4.78 is 1.14. The molecule has 1 aromatic rings. The van der Waals surface area contributed by atoms with Gasteiger partial charge in [-0.2, -0.15) is 0 Å². The maximum absolute atomic E-state index is 12.1. The molecule has 0 saturated carbocycles. The van der Waals surface area contributed by atoms with Crippen molar-refractivity contribution in [1.82, 2.24) is 10.2 Å². The predicted octanol–water partition coefficient (Wildman–Crippen LogP) is 1.92. The quantitative estimate of drug-likeness (QED) is 0.782. The van der Waals surface area contributed by atoms with E-state index in [-0.39, 0.29) is 5.91 Å². The Morgan fingerprint density at radius 2 is 2.35 bits per heavy atom. The molecule has 1 aromatic carbocycles. The van der Waals surface area contributed by atoms with E-state index in [1.165, 1.54) is 12.8 Å². The molecule has 5 heteroatoms. The van der Waals surface area contributed by atoms with Crippen molar-refractivity contribution in [3.8, 4) is 0 Å². The van der Waals surface area contributed by atoms with E-state index in [9.17, 15) is 4.79 Å². The molecule has 4 nitrogen and oxygen atoms in total. The van der Waals surface area contributed by atoms with E-state index in [0.29, 0.717) is 12.0 Å². The van der Waals surface area contributed by atoms with Crippen LogP contribution in [0.4, 0.5) is 5.69 Å². The van der Waals surface area contributed by atoms with Crippen molar-refractivity contribution in [2.75, 3.05) is 38.0 Å². The molecule has 2 fully saturated rings. The predicted molar refractivity (Wildman–Crippen MR) is 88.8 cm³/mol. The molecule has 1 atom stereocenters. The second-order valence-electron chi connectivity index (χ2n) is 5.95. The summed E-state index contributed by atoms with van der Waals surface area (Å²) in [6.45, 7) is 4.85. The summed E-state index contributed by atoms with van der Waals surface area (Å²) >= 11 is 2.26. The van der Waals surface area contributed by atoms with Gasteiger partial charge in [-0.3, -0.25) is 9.69 Å². The lowest BCUT2D eigenvalue weighted by molar-refractivity contribution is -0.117. The Labute approximate surface area is 133 Å². The van der Waals surface area contributed by atoms with Crippen LogP contribution in [-0.2, 0) is 4.79 Å². The number of nitrogens with one attached hydrogen (secondary N) is 2. The SMILES string of the molecule is O=C(CN1CCC2(CCNC2)C1)Nc1cccc(I)c1. The first-order valence-electron chi connectivity index (χ1n) is 7.14. The van der Waals surface area contributed by atoms with Crippen LogP contribution in [0.3, 0.4) is 0 Å². The van der Waals surface area contributed by atoms with Crippen molar-refractivity contribution >= 4 is 34.2 Å². The lowest BCUT2D eigenvalue weighted by atomic mass is 9.87. The molecule has 2 saturated heterocycles. The summed E-state index contributed by atoms with van der Waals surface area (Å²) in [7, 11) is 0. The zero-order chi connectivity index (χ0) is 14.0. The van der Waals surface area contributed by atoms with E-state index >= 15 is 0 Å². The van der Waals surface area contributed by atoms with Crippen LogP contribution >= 0.6 is 22.6 Å². The number of hydrogen-bond acceptors (Lipinski definition) is 3. The van der Waals surface area contributed by atoms with Gasteiger partial charge in [-0.25, -0.2) is 0 Å². The molecule has 1 unspecified atom stereocenters. The fourth-order valence-corrected chi connectivity index (χ4v) is 3.82. The van der Waals surface area contributed by atoms with Gasteiger partial charge < -0.3 is 10.6 Å². The highest BCUT2D eigenvalue weighted by atomic mass is 127. The van der Waals surface area contributed by atoms with Gasteiger partial charge in [-0.1, -0.05) is 6.07 Å². The van der Waals surface area contributed by atoms with Crippen molar-refractivity contribution in [1.29, 1.82) is 0 Å². The lowest BCUT2D eigenvalue weighted by Crippen LogP contribution is -2.34. The molecule has 2 N–H and O–H groups in total. The molecule has 1 spiro atoms. The molecular weight excluding hydrogens is 365 g/mol.